The first-order valence-electron chi connectivity index (χ1n) is 6.18. The highest BCUT2D eigenvalue weighted by Crippen LogP contribution is 2.35. The van der Waals surface area contributed by atoms with Crippen molar-refractivity contribution in [1.29, 1.82) is 0 Å². The Bertz CT molecular complexity index is 462. The van der Waals surface area contributed by atoms with Crippen molar-refractivity contribution in [3.8, 4) is 5.75 Å². The minimum Gasteiger partial charge on any atom is -0.404 e. The quantitative estimate of drug-likeness (QED) is 0.777. The summed E-state index contributed by atoms with van der Waals surface area (Å²) in [5, 5.41) is 0. The van der Waals surface area contributed by atoms with Gasteiger partial charge >= 0.3 is 12.5 Å². The van der Waals surface area contributed by atoms with E-state index in [1.807, 2.05) is 0 Å². The van der Waals surface area contributed by atoms with Crippen molar-refractivity contribution in [2.45, 2.75) is 25.4 Å². The van der Waals surface area contributed by atoms with Crippen LogP contribution in [-0.2, 0) is 0 Å². The number of ether oxygens (including phenoxy) is 1. The summed E-state index contributed by atoms with van der Waals surface area (Å²) in [4.78, 5) is 5.40. The van der Waals surface area contributed by atoms with E-state index in [9.17, 15) is 26.3 Å². The number of nitrogens with zero attached hydrogens (tertiary/aromatic N) is 2. The molecular weight excluding hydrogens is 302 g/mol. The van der Waals surface area contributed by atoms with Gasteiger partial charge in [-0.2, -0.15) is 13.2 Å². The first-order valence-corrected chi connectivity index (χ1v) is 6.18. The average Bonchev–Trinajstić information content (AvgIpc) is 2.37. The zero-order chi connectivity index (χ0) is 15.7. The van der Waals surface area contributed by atoms with Crippen molar-refractivity contribution < 1.29 is 31.1 Å². The average molecular weight is 314 g/mol. The monoisotopic (exact) mass is 314 g/mol. The maximum atomic E-state index is 12.5. The van der Waals surface area contributed by atoms with E-state index < -0.39 is 24.2 Å². The number of piperidine rings is 1. The van der Waals surface area contributed by atoms with E-state index in [0.29, 0.717) is 5.82 Å². The van der Waals surface area contributed by atoms with E-state index in [4.69, 9.17) is 0 Å². The van der Waals surface area contributed by atoms with Gasteiger partial charge in [0.15, 0.2) is 0 Å². The van der Waals surface area contributed by atoms with Crippen molar-refractivity contribution in [3.63, 3.8) is 0 Å². The molecule has 1 fully saturated rings. The van der Waals surface area contributed by atoms with Gasteiger partial charge in [-0.25, -0.2) is 4.98 Å². The number of alkyl halides is 6. The summed E-state index contributed by atoms with van der Waals surface area (Å²) in [7, 11) is 0. The van der Waals surface area contributed by atoms with Crippen LogP contribution in [0.4, 0.5) is 32.2 Å². The summed E-state index contributed by atoms with van der Waals surface area (Å²) in [5.41, 5.74) is 0. The Hall–Kier alpha value is -1.67. The van der Waals surface area contributed by atoms with E-state index in [-0.39, 0.29) is 25.9 Å². The number of hydrogen-bond donors (Lipinski definition) is 0. The molecule has 0 atom stereocenters. The lowest BCUT2D eigenvalue weighted by atomic mass is 9.96. The summed E-state index contributed by atoms with van der Waals surface area (Å²) >= 11 is 0. The van der Waals surface area contributed by atoms with E-state index in [0.717, 1.165) is 12.3 Å². The second-order valence-electron chi connectivity index (χ2n) is 4.70. The number of pyridine rings is 1. The van der Waals surface area contributed by atoms with Crippen molar-refractivity contribution in [2.24, 2.45) is 5.92 Å². The predicted molar refractivity (Wildman–Crippen MR) is 61.9 cm³/mol. The van der Waals surface area contributed by atoms with Crippen molar-refractivity contribution in [3.05, 3.63) is 18.3 Å². The molecule has 0 N–H and O–H groups in total. The Morgan fingerprint density at radius 1 is 1.05 bits per heavy atom. The van der Waals surface area contributed by atoms with Gasteiger partial charge in [-0.3, -0.25) is 0 Å². The fourth-order valence-corrected chi connectivity index (χ4v) is 2.19. The molecule has 21 heavy (non-hydrogen) atoms. The highest BCUT2D eigenvalue weighted by molar-refractivity contribution is 5.41. The SMILES string of the molecule is FC(F)(F)Oc1ccc(N2CCC(C(F)(F)F)CC2)nc1. The molecule has 0 radical (unpaired) electrons. The lowest BCUT2D eigenvalue weighted by Crippen LogP contribution is -2.39. The van der Waals surface area contributed by atoms with E-state index in [2.05, 4.69) is 9.72 Å². The molecule has 0 spiro atoms. The van der Waals surface area contributed by atoms with Crippen molar-refractivity contribution in [1.82, 2.24) is 4.98 Å². The summed E-state index contributed by atoms with van der Waals surface area (Å²) in [6.07, 6.45) is -8.20. The Morgan fingerprint density at radius 2 is 1.67 bits per heavy atom. The smallest absolute Gasteiger partial charge is 0.404 e. The molecule has 1 aromatic heterocycles. The summed E-state index contributed by atoms with van der Waals surface area (Å²) in [6.45, 7) is 0.327. The zero-order valence-electron chi connectivity index (χ0n) is 10.7. The summed E-state index contributed by atoms with van der Waals surface area (Å²) < 4.78 is 77.2. The topological polar surface area (TPSA) is 25.4 Å². The molecule has 1 aliphatic heterocycles. The van der Waals surface area contributed by atoms with Crippen LogP contribution in [-0.4, -0.2) is 30.6 Å². The molecular formula is C12H12F6N2O. The van der Waals surface area contributed by atoms with Gasteiger partial charge in [0.25, 0.3) is 0 Å². The van der Waals surface area contributed by atoms with E-state index in [1.54, 1.807) is 4.90 Å². The van der Waals surface area contributed by atoms with E-state index >= 15 is 0 Å². The first kappa shape index (κ1) is 15.7. The fourth-order valence-electron chi connectivity index (χ4n) is 2.19. The number of anilines is 1. The molecule has 0 bridgehead atoms. The van der Waals surface area contributed by atoms with Crippen LogP contribution < -0.4 is 9.64 Å². The van der Waals surface area contributed by atoms with E-state index in [1.165, 1.54) is 6.07 Å². The molecule has 118 valence electrons. The number of rotatable bonds is 2. The van der Waals surface area contributed by atoms with Crippen LogP contribution in [0.25, 0.3) is 0 Å². The van der Waals surface area contributed by atoms with Gasteiger partial charge in [-0.1, -0.05) is 0 Å². The Morgan fingerprint density at radius 3 is 2.10 bits per heavy atom. The Kier molecular flexibility index (Phi) is 4.20. The lowest BCUT2D eigenvalue weighted by molar-refractivity contribution is -0.274. The minimum atomic E-state index is -4.80. The van der Waals surface area contributed by atoms with Gasteiger partial charge in [-0.05, 0) is 25.0 Å². The second-order valence-corrected chi connectivity index (χ2v) is 4.70. The molecule has 3 nitrogen and oxygen atoms in total. The molecule has 0 unspecified atom stereocenters. The molecule has 0 aliphatic carbocycles. The largest absolute Gasteiger partial charge is 0.573 e. The number of hydrogen-bond acceptors (Lipinski definition) is 3. The predicted octanol–water partition coefficient (Wildman–Crippen LogP) is 3.76. The van der Waals surface area contributed by atoms with Crippen LogP contribution in [0.15, 0.2) is 18.3 Å². The third-order valence-electron chi connectivity index (χ3n) is 3.24. The number of aromatic nitrogens is 1. The summed E-state index contributed by atoms with van der Waals surface area (Å²) in [5.74, 6) is -1.46. The number of halogens is 6. The van der Waals surface area contributed by atoms with Crippen LogP contribution in [0.3, 0.4) is 0 Å². The van der Waals surface area contributed by atoms with Gasteiger partial charge in [0.2, 0.25) is 0 Å². The third kappa shape index (κ3) is 4.40. The van der Waals surface area contributed by atoms with Gasteiger partial charge in [0.05, 0.1) is 12.1 Å². The first-order chi connectivity index (χ1) is 9.65. The van der Waals surface area contributed by atoms with Crippen LogP contribution in [0.5, 0.6) is 5.75 Å². The third-order valence-corrected chi connectivity index (χ3v) is 3.24. The molecule has 0 amide bonds. The maximum Gasteiger partial charge on any atom is 0.573 e. The Balaban J connectivity index is 1.95. The van der Waals surface area contributed by atoms with Crippen LogP contribution in [0.1, 0.15) is 12.8 Å². The normalized spacial score (nSPS) is 17.9. The highest BCUT2D eigenvalue weighted by atomic mass is 19.4. The highest BCUT2D eigenvalue weighted by Gasteiger charge is 2.41. The van der Waals surface area contributed by atoms with Crippen molar-refractivity contribution >= 4 is 5.82 Å². The molecule has 0 saturated carbocycles. The molecule has 9 heteroatoms. The van der Waals surface area contributed by atoms with Crippen LogP contribution >= 0.6 is 0 Å². The molecule has 0 aromatic carbocycles. The molecule has 2 heterocycles. The van der Waals surface area contributed by atoms with Crippen LogP contribution in [0, 0.1) is 5.92 Å². The molecule has 2 rings (SSSR count). The lowest BCUT2D eigenvalue weighted by Gasteiger charge is -2.33. The van der Waals surface area contributed by atoms with Gasteiger partial charge in [0.1, 0.15) is 11.6 Å². The standard InChI is InChI=1S/C12H12F6N2O/c13-11(14,15)8-3-5-20(6-4-8)10-2-1-9(7-19-10)21-12(16,17)18/h1-2,7-8H,3-6H2. The second kappa shape index (κ2) is 5.61. The van der Waals surface area contributed by atoms with Crippen molar-refractivity contribution in [2.75, 3.05) is 18.0 Å². The maximum absolute atomic E-state index is 12.5. The molecule has 1 aromatic rings. The fraction of sp³-hybridized carbons (Fsp3) is 0.583. The van der Waals surface area contributed by atoms with Gasteiger partial charge in [0, 0.05) is 13.1 Å². The molecule has 1 aliphatic rings. The minimum absolute atomic E-state index is 0.0496. The molecule has 1 saturated heterocycles. The summed E-state index contributed by atoms with van der Waals surface area (Å²) in [6, 6.07) is 2.39. The van der Waals surface area contributed by atoms with Gasteiger partial charge in [-0.15, -0.1) is 13.2 Å². The van der Waals surface area contributed by atoms with Crippen LogP contribution in [0.2, 0.25) is 0 Å². The Labute approximate surface area is 116 Å². The van der Waals surface area contributed by atoms with Gasteiger partial charge < -0.3 is 9.64 Å². The zero-order valence-corrected chi connectivity index (χ0v) is 10.7.